The standard InChI is InChI=1S/C25H34N6O4.C2H6/c1-18(2)31-17-26-22-24(30-12-15-34-16-13-30)27-23(28-25(22)31)19-8-10-20(11-9-19)35-14-6-4-3-5-7-21(32)29-33;1-2/h8-11,17-18,33H,3-7,12-16H2,1-2H3,(H,29,32);1-2H3. The molecule has 10 heteroatoms. The minimum absolute atomic E-state index is 0.239. The van der Waals surface area contributed by atoms with Crippen LogP contribution in [0.15, 0.2) is 30.6 Å². The molecule has 37 heavy (non-hydrogen) atoms. The van der Waals surface area contributed by atoms with Gasteiger partial charge in [0.1, 0.15) is 5.75 Å². The maximum absolute atomic E-state index is 11.0. The summed E-state index contributed by atoms with van der Waals surface area (Å²) in [5.74, 6) is 1.98. The fourth-order valence-electron chi connectivity index (χ4n) is 4.09. The topological polar surface area (TPSA) is 115 Å². The summed E-state index contributed by atoms with van der Waals surface area (Å²) in [6.45, 7) is 11.8. The molecule has 0 saturated carbocycles. The van der Waals surface area contributed by atoms with Crippen LogP contribution in [-0.2, 0) is 9.53 Å². The van der Waals surface area contributed by atoms with Crippen LogP contribution in [0.5, 0.6) is 5.75 Å². The number of aromatic nitrogens is 4. The van der Waals surface area contributed by atoms with E-state index in [0.29, 0.717) is 32.1 Å². The van der Waals surface area contributed by atoms with Gasteiger partial charge in [0.25, 0.3) is 0 Å². The Kier molecular flexibility index (Phi) is 11.1. The van der Waals surface area contributed by atoms with Gasteiger partial charge in [-0.15, -0.1) is 0 Å². The summed E-state index contributed by atoms with van der Waals surface area (Å²) in [4.78, 5) is 27.7. The van der Waals surface area contributed by atoms with Crippen molar-refractivity contribution in [2.45, 2.75) is 65.8 Å². The van der Waals surface area contributed by atoms with E-state index in [-0.39, 0.29) is 11.9 Å². The van der Waals surface area contributed by atoms with Gasteiger partial charge < -0.3 is 18.9 Å². The van der Waals surface area contributed by atoms with Crippen LogP contribution < -0.4 is 15.1 Å². The van der Waals surface area contributed by atoms with Crippen molar-refractivity contribution in [3.05, 3.63) is 30.6 Å². The van der Waals surface area contributed by atoms with E-state index in [4.69, 9.17) is 24.6 Å². The van der Waals surface area contributed by atoms with Gasteiger partial charge in [0.2, 0.25) is 5.91 Å². The van der Waals surface area contributed by atoms with Gasteiger partial charge in [0.05, 0.1) is 26.1 Å². The minimum Gasteiger partial charge on any atom is -0.494 e. The third-order valence-electron chi connectivity index (χ3n) is 6.07. The van der Waals surface area contributed by atoms with Crippen molar-refractivity contribution in [3.8, 4) is 17.1 Å². The molecule has 10 nitrogen and oxygen atoms in total. The van der Waals surface area contributed by atoms with Crippen LogP contribution >= 0.6 is 0 Å². The number of ether oxygens (including phenoxy) is 2. The third kappa shape index (κ3) is 7.62. The highest BCUT2D eigenvalue weighted by Crippen LogP contribution is 2.29. The van der Waals surface area contributed by atoms with Gasteiger partial charge in [-0.05, 0) is 51.0 Å². The quantitative estimate of drug-likeness (QED) is 0.214. The lowest BCUT2D eigenvalue weighted by molar-refractivity contribution is -0.129. The highest BCUT2D eigenvalue weighted by atomic mass is 16.5. The number of hydrogen-bond acceptors (Lipinski definition) is 8. The Labute approximate surface area is 219 Å². The van der Waals surface area contributed by atoms with E-state index in [1.165, 1.54) is 0 Å². The number of carbonyl (C=O) groups is 1. The zero-order valence-corrected chi connectivity index (χ0v) is 22.4. The molecule has 202 valence electrons. The van der Waals surface area contributed by atoms with Crippen LogP contribution in [-0.4, -0.2) is 63.5 Å². The fraction of sp³-hybridized carbons (Fsp3) is 0.556. The van der Waals surface area contributed by atoms with Gasteiger partial charge in [-0.25, -0.2) is 20.4 Å². The number of fused-ring (bicyclic) bond motifs is 1. The van der Waals surface area contributed by atoms with Crippen molar-refractivity contribution >= 4 is 22.9 Å². The Morgan fingerprint density at radius 2 is 1.78 bits per heavy atom. The summed E-state index contributed by atoms with van der Waals surface area (Å²) in [5, 5.41) is 8.50. The lowest BCUT2D eigenvalue weighted by Crippen LogP contribution is -2.37. The van der Waals surface area contributed by atoms with E-state index in [1.807, 2.05) is 44.4 Å². The predicted molar refractivity (Wildman–Crippen MR) is 144 cm³/mol. The average molecular weight is 513 g/mol. The van der Waals surface area contributed by atoms with Crippen LogP contribution in [0.2, 0.25) is 0 Å². The van der Waals surface area contributed by atoms with Gasteiger partial charge in [-0.2, -0.15) is 0 Å². The van der Waals surface area contributed by atoms with Crippen molar-refractivity contribution < 1.29 is 19.5 Å². The third-order valence-corrected chi connectivity index (χ3v) is 6.07. The highest BCUT2D eigenvalue weighted by molar-refractivity contribution is 5.86. The van der Waals surface area contributed by atoms with Crippen LogP contribution in [0.25, 0.3) is 22.6 Å². The van der Waals surface area contributed by atoms with E-state index in [0.717, 1.165) is 67.1 Å². The number of hydrogen-bond donors (Lipinski definition) is 2. The molecule has 1 aliphatic rings. The normalized spacial score (nSPS) is 13.4. The first-order valence-electron chi connectivity index (χ1n) is 13.3. The second-order valence-corrected chi connectivity index (χ2v) is 8.96. The molecular weight excluding hydrogens is 472 g/mol. The largest absolute Gasteiger partial charge is 0.494 e. The Bertz CT molecular complexity index is 1110. The van der Waals surface area contributed by atoms with Crippen LogP contribution in [0.4, 0.5) is 5.82 Å². The van der Waals surface area contributed by atoms with Gasteiger partial charge >= 0.3 is 0 Å². The zero-order valence-electron chi connectivity index (χ0n) is 22.4. The number of rotatable bonds is 11. The lowest BCUT2D eigenvalue weighted by atomic mass is 10.1. The molecule has 0 radical (unpaired) electrons. The monoisotopic (exact) mass is 512 g/mol. The maximum Gasteiger partial charge on any atom is 0.243 e. The van der Waals surface area contributed by atoms with Gasteiger partial charge in [0, 0.05) is 31.1 Å². The van der Waals surface area contributed by atoms with E-state index in [2.05, 4.69) is 28.3 Å². The number of nitrogens with one attached hydrogen (secondary N) is 1. The summed E-state index contributed by atoms with van der Waals surface area (Å²) in [6, 6.07) is 8.11. The Morgan fingerprint density at radius 1 is 1.08 bits per heavy atom. The van der Waals surface area contributed by atoms with E-state index in [9.17, 15) is 4.79 Å². The van der Waals surface area contributed by atoms with Crippen LogP contribution in [0.3, 0.4) is 0 Å². The van der Waals surface area contributed by atoms with Crippen LogP contribution in [0.1, 0.15) is 65.8 Å². The number of imidazole rings is 1. The summed E-state index contributed by atoms with van der Waals surface area (Å²) < 4.78 is 13.5. The molecule has 1 saturated heterocycles. The molecule has 1 aliphatic heterocycles. The zero-order chi connectivity index (χ0) is 26.6. The van der Waals surface area contributed by atoms with E-state index < -0.39 is 0 Å². The number of benzene rings is 1. The molecule has 3 heterocycles. The molecule has 0 unspecified atom stereocenters. The van der Waals surface area contributed by atoms with Crippen molar-refractivity contribution in [1.29, 1.82) is 0 Å². The Balaban J connectivity index is 0.00000186. The number of nitrogens with zero attached hydrogens (tertiary/aromatic N) is 5. The number of carbonyl (C=O) groups excluding carboxylic acids is 1. The molecule has 0 spiro atoms. The molecule has 0 bridgehead atoms. The number of morpholine rings is 1. The van der Waals surface area contributed by atoms with Crippen molar-refractivity contribution in [2.75, 3.05) is 37.8 Å². The number of anilines is 1. The molecule has 0 aliphatic carbocycles. The first-order valence-corrected chi connectivity index (χ1v) is 13.3. The summed E-state index contributed by atoms with van der Waals surface area (Å²) in [6.07, 6.45) is 5.75. The summed E-state index contributed by atoms with van der Waals surface area (Å²) in [7, 11) is 0. The second-order valence-electron chi connectivity index (χ2n) is 8.96. The van der Waals surface area contributed by atoms with Gasteiger partial charge in [-0.1, -0.05) is 26.7 Å². The van der Waals surface area contributed by atoms with Gasteiger partial charge in [0.15, 0.2) is 22.8 Å². The van der Waals surface area contributed by atoms with E-state index in [1.54, 1.807) is 5.48 Å². The Morgan fingerprint density at radius 3 is 2.46 bits per heavy atom. The molecule has 0 atom stereocenters. The lowest BCUT2D eigenvalue weighted by Gasteiger charge is -2.28. The average Bonchev–Trinajstić information content (AvgIpc) is 3.38. The first-order chi connectivity index (χ1) is 18.1. The number of hydroxylamine groups is 1. The molecule has 1 fully saturated rings. The Hall–Kier alpha value is -3.24. The van der Waals surface area contributed by atoms with Crippen LogP contribution in [0, 0.1) is 0 Å². The fourth-order valence-corrected chi connectivity index (χ4v) is 4.09. The number of unbranched alkanes of at least 4 members (excludes halogenated alkanes) is 3. The minimum atomic E-state index is -0.338. The van der Waals surface area contributed by atoms with Crippen molar-refractivity contribution in [2.24, 2.45) is 0 Å². The predicted octanol–water partition coefficient (Wildman–Crippen LogP) is 4.77. The summed E-state index contributed by atoms with van der Waals surface area (Å²) >= 11 is 0. The van der Waals surface area contributed by atoms with Crippen molar-refractivity contribution in [3.63, 3.8) is 0 Å². The van der Waals surface area contributed by atoms with E-state index >= 15 is 0 Å². The molecule has 3 aromatic rings. The molecule has 1 amide bonds. The number of amides is 1. The second kappa shape index (κ2) is 14.5. The molecular formula is C27H40N6O4. The molecule has 1 aromatic carbocycles. The summed E-state index contributed by atoms with van der Waals surface area (Å²) in [5.41, 5.74) is 4.24. The maximum atomic E-state index is 11.0. The van der Waals surface area contributed by atoms with Gasteiger partial charge in [-0.3, -0.25) is 10.0 Å². The van der Waals surface area contributed by atoms with Crippen molar-refractivity contribution in [1.82, 2.24) is 25.0 Å². The highest BCUT2D eigenvalue weighted by Gasteiger charge is 2.21. The molecule has 2 aromatic heterocycles. The smallest absolute Gasteiger partial charge is 0.243 e. The SMILES string of the molecule is CC.CC(C)n1cnc2c(N3CCOCC3)nc(-c3ccc(OCCCCCCC(=O)NO)cc3)nc21. The first kappa shape index (κ1) is 28.3. The molecule has 4 rings (SSSR count). The molecule has 2 N–H and O–H groups in total.